The van der Waals surface area contributed by atoms with Gasteiger partial charge in [0.1, 0.15) is 0 Å². The number of likely N-dealkylation sites (tertiary alicyclic amines) is 1. The second-order valence-corrected chi connectivity index (χ2v) is 14.1. The lowest BCUT2D eigenvalue weighted by molar-refractivity contribution is -0.160. The van der Waals surface area contributed by atoms with Crippen LogP contribution < -0.4 is 0 Å². The second-order valence-electron chi connectivity index (χ2n) is 10.9. The topological polar surface area (TPSA) is 95.0 Å². The molecule has 1 N–H and O–H groups in total. The summed E-state index contributed by atoms with van der Waals surface area (Å²) in [7, 11) is -1.77. The Balaban J connectivity index is 1.76. The van der Waals surface area contributed by atoms with E-state index in [9.17, 15) is 23.1 Å². The molecule has 0 bridgehead atoms. The molecule has 38 heavy (non-hydrogen) atoms. The Kier molecular flexibility index (Phi) is 8.48. The van der Waals surface area contributed by atoms with Gasteiger partial charge in [0.05, 0.1) is 23.1 Å². The molecule has 0 spiro atoms. The number of sulfonamides is 1. The smallest absolute Gasteiger partial charge is 0.304 e. The summed E-state index contributed by atoms with van der Waals surface area (Å²) in [6, 6.07) is 14.0. The van der Waals surface area contributed by atoms with E-state index in [2.05, 4.69) is 0 Å². The number of carbonyl (C=O) groups is 2. The van der Waals surface area contributed by atoms with Crippen molar-refractivity contribution in [1.82, 2.24) is 9.21 Å². The molecule has 1 aliphatic carbocycles. The Morgan fingerprint density at radius 2 is 1.79 bits per heavy atom. The third kappa shape index (κ3) is 6.03. The Morgan fingerprint density at radius 1 is 1.13 bits per heavy atom. The molecule has 1 saturated heterocycles. The predicted octanol–water partition coefficient (Wildman–Crippen LogP) is 5.73. The number of rotatable bonds is 10. The van der Waals surface area contributed by atoms with E-state index in [1.54, 1.807) is 37.1 Å². The molecule has 1 saturated carbocycles. The molecule has 2 fully saturated rings. The van der Waals surface area contributed by atoms with Crippen molar-refractivity contribution in [3.05, 3.63) is 69.7 Å². The Bertz CT molecular complexity index is 1300. The number of piperidine rings is 1. The highest BCUT2D eigenvalue weighted by Gasteiger charge is 2.52. The van der Waals surface area contributed by atoms with Crippen molar-refractivity contribution in [3.63, 3.8) is 0 Å². The highest BCUT2D eigenvalue weighted by Crippen LogP contribution is 2.52. The van der Waals surface area contributed by atoms with E-state index in [0.717, 1.165) is 11.1 Å². The molecular formula is C28H34Cl2N2O5S. The third-order valence-corrected chi connectivity index (χ3v) is 10.7. The molecule has 4 atom stereocenters. The van der Waals surface area contributed by atoms with Crippen LogP contribution in [-0.2, 0) is 19.6 Å². The van der Waals surface area contributed by atoms with E-state index in [-0.39, 0.29) is 36.1 Å². The average molecular weight is 582 g/mol. The van der Waals surface area contributed by atoms with Crippen molar-refractivity contribution in [3.8, 4) is 0 Å². The zero-order chi connectivity index (χ0) is 27.8. The molecule has 2 aliphatic rings. The van der Waals surface area contributed by atoms with Gasteiger partial charge in [-0.3, -0.25) is 9.59 Å². The quantitative estimate of drug-likeness (QED) is 0.387. The number of carboxylic acids is 1. The molecule has 0 radical (unpaired) electrons. The predicted molar refractivity (Wildman–Crippen MR) is 149 cm³/mol. The first-order valence-electron chi connectivity index (χ1n) is 12.8. The fourth-order valence-corrected chi connectivity index (χ4v) is 7.54. The number of carbonyl (C=O) groups excluding carboxylic acids is 1. The van der Waals surface area contributed by atoms with Crippen LogP contribution in [0, 0.1) is 5.41 Å². The van der Waals surface area contributed by atoms with Gasteiger partial charge in [-0.25, -0.2) is 12.7 Å². The van der Waals surface area contributed by atoms with Crippen molar-refractivity contribution in [2.24, 2.45) is 5.41 Å². The molecule has 10 heteroatoms. The normalized spacial score (nSPS) is 25.0. The van der Waals surface area contributed by atoms with Crippen molar-refractivity contribution in [2.75, 3.05) is 13.6 Å². The summed E-state index contributed by atoms with van der Waals surface area (Å²) < 4.78 is 26.8. The number of carboxylic acid groups (broad SMARTS) is 1. The van der Waals surface area contributed by atoms with Gasteiger partial charge in [-0.15, -0.1) is 0 Å². The van der Waals surface area contributed by atoms with E-state index >= 15 is 0 Å². The summed E-state index contributed by atoms with van der Waals surface area (Å²) >= 11 is 12.6. The summed E-state index contributed by atoms with van der Waals surface area (Å²) in [5.41, 5.74) is 0.630. The third-order valence-electron chi connectivity index (χ3n) is 7.85. The van der Waals surface area contributed by atoms with Crippen LogP contribution in [0.15, 0.2) is 48.5 Å². The van der Waals surface area contributed by atoms with Gasteiger partial charge >= 0.3 is 5.97 Å². The van der Waals surface area contributed by atoms with Gasteiger partial charge in [-0.1, -0.05) is 54.4 Å². The number of halogens is 2. The van der Waals surface area contributed by atoms with E-state index in [1.807, 2.05) is 37.3 Å². The number of aliphatic carboxylic acids is 1. The Hall–Kier alpha value is -2.13. The van der Waals surface area contributed by atoms with E-state index in [0.29, 0.717) is 35.7 Å². The fraction of sp³-hybridized carbons (Fsp3) is 0.500. The zero-order valence-corrected chi connectivity index (χ0v) is 24.1. The van der Waals surface area contributed by atoms with Crippen molar-refractivity contribution < 1.29 is 23.1 Å². The van der Waals surface area contributed by atoms with Crippen LogP contribution in [0.2, 0.25) is 10.0 Å². The van der Waals surface area contributed by atoms with Gasteiger partial charge in [-0.2, -0.15) is 0 Å². The number of nitrogens with zero attached hydrogens (tertiary/aromatic N) is 2. The Morgan fingerprint density at radius 3 is 2.37 bits per heavy atom. The molecular weight excluding hydrogens is 547 g/mol. The van der Waals surface area contributed by atoms with E-state index in [1.165, 1.54) is 4.31 Å². The largest absolute Gasteiger partial charge is 0.481 e. The molecule has 1 heterocycles. The Labute approximate surface area is 234 Å². The average Bonchev–Trinajstić information content (AvgIpc) is 3.70. The minimum Gasteiger partial charge on any atom is -0.481 e. The standard InChI is InChI=1S/C28H34Cl2N2O5S/c1-18(13-14-31(3)38(36,37)23-11-12-23)32-26(19-7-9-21(29)10-8-19)24(20-5-4-6-22(30)15-20)16-28(2,27(32)35)17-25(33)34/h4-10,15,18,23-24,26H,11-14,16-17H2,1-3H3,(H,33,34)/t18-,24+,26+,28-/m0/s1. The number of hydrogen-bond donors (Lipinski definition) is 1. The molecule has 1 amide bonds. The lowest BCUT2D eigenvalue weighted by Gasteiger charge is -2.51. The number of amides is 1. The van der Waals surface area contributed by atoms with Gasteiger partial charge in [0, 0.05) is 35.6 Å². The maximum Gasteiger partial charge on any atom is 0.304 e. The van der Waals surface area contributed by atoms with Crippen LogP contribution in [0.3, 0.4) is 0 Å². The summed E-state index contributed by atoms with van der Waals surface area (Å²) in [6.45, 7) is 3.87. The summed E-state index contributed by atoms with van der Waals surface area (Å²) in [5, 5.41) is 10.5. The van der Waals surface area contributed by atoms with Gasteiger partial charge in [0.15, 0.2) is 0 Å². The van der Waals surface area contributed by atoms with Crippen LogP contribution in [0.4, 0.5) is 0 Å². The minimum atomic E-state index is -3.35. The maximum atomic E-state index is 14.2. The first kappa shape index (κ1) is 28.9. The molecule has 206 valence electrons. The number of benzene rings is 2. The number of hydrogen-bond acceptors (Lipinski definition) is 4. The van der Waals surface area contributed by atoms with Crippen molar-refractivity contribution >= 4 is 45.1 Å². The summed E-state index contributed by atoms with van der Waals surface area (Å²) in [4.78, 5) is 27.8. The lowest BCUT2D eigenvalue weighted by atomic mass is 9.67. The monoisotopic (exact) mass is 580 g/mol. The van der Waals surface area contributed by atoms with Crippen LogP contribution in [0.25, 0.3) is 0 Å². The van der Waals surface area contributed by atoms with Gasteiger partial charge < -0.3 is 10.0 Å². The maximum absolute atomic E-state index is 14.2. The highest BCUT2D eigenvalue weighted by atomic mass is 35.5. The molecule has 2 aromatic rings. The molecule has 0 unspecified atom stereocenters. The van der Waals surface area contributed by atoms with Crippen LogP contribution in [-0.4, -0.2) is 59.5 Å². The molecule has 0 aromatic heterocycles. The molecule has 4 rings (SSSR count). The van der Waals surface area contributed by atoms with E-state index < -0.39 is 27.4 Å². The highest BCUT2D eigenvalue weighted by molar-refractivity contribution is 7.90. The van der Waals surface area contributed by atoms with Crippen molar-refractivity contribution in [1.29, 1.82) is 0 Å². The van der Waals surface area contributed by atoms with Crippen molar-refractivity contribution in [2.45, 2.75) is 69.2 Å². The lowest BCUT2D eigenvalue weighted by Crippen LogP contribution is -2.56. The first-order valence-corrected chi connectivity index (χ1v) is 15.1. The molecule has 1 aliphatic heterocycles. The SMILES string of the molecule is C[C@@H](CCN(C)S(=O)(=O)C1CC1)N1C(=O)[C@](C)(CC(=O)O)C[C@H](c2cccc(Cl)c2)[C@H]1c1ccc(Cl)cc1. The van der Waals surface area contributed by atoms with Crippen LogP contribution in [0.5, 0.6) is 0 Å². The van der Waals surface area contributed by atoms with Gasteiger partial charge in [0.25, 0.3) is 0 Å². The summed E-state index contributed by atoms with van der Waals surface area (Å²) in [6.07, 6.45) is 1.78. The second kappa shape index (κ2) is 11.2. The molecule has 2 aromatic carbocycles. The first-order chi connectivity index (χ1) is 17.8. The van der Waals surface area contributed by atoms with Crippen LogP contribution >= 0.6 is 23.2 Å². The molecule has 7 nitrogen and oxygen atoms in total. The van der Waals surface area contributed by atoms with Crippen LogP contribution in [0.1, 0.15) is 69.0 Å². The van der Waals surface area contributed by atoms with E-state index in [4.69, 9.17) is 23.2 Å². The van der Waals surface area contributed by atoms with Gasteiger partial charge in [0.2, 0.25) is 15.9 Å². The summed E-state index contributed by atoms with van der Waals surface area (Å²) in [5.74, 6) is -1.54. The minimum absolute atomic E-state index is 0.243. The zero-order valence-electron chi connectivity index (χ0n) is 21.8. The fourth-order valence-electron chi connectivity index (χ4n) is 5.62. The van der Waals surface area contributed by atoms with Gasteiger partial charge in [-0.05, 0) is 68.0 Å².